The summed E-state index contributed by atoms with van der Waals surface area (Å²) in [6.45, 7) is 2.89. The molecule has 1 aromatic rings. The molecule has 1 unspecified atom stereocenters. The third kappa shape index (κ3) is 6.45. The lowest BCUT2D eigenvalue weighted by molar-refractivity contribution is -0.118. The number of carbonyl (C=O) groups excluding carboxylic acids is 2. The van der Waals surface area contributed by atoms with Crippen LogP contribution in [0.4, 0.5) is 10.5 Å². The van der Waals surface area contributed by atoms with Crippen molar-refractivity contribution in [2.45, 2.75) is 32.2 Å². The van der Waals surface area contributed by atoms with E-state index in [0.29, 0.717) is 31.0 Å². The Balaban J connectivity index is 2.61. The molecule has 0 aliphatic carbocycles. The maximum absolute atomic E-state index is 12.2. The first-order valence-corrected chi connectivity index (χ1v) is 7.36. The summed E-state index contributed by atoms with van der Waals surface area (Å²) in [6, 6.07) is 5.60. The number of rotatable bonds is 9. The lowest BCUT2D eigenvalue weighted by atomic mass is 10.1. The van der Waals surface area contributed by atoms with Crippen molar-refractivity contribution in [3.8, 4) is 5.75 Å². The minimum Gasteiger partial charge on any atom is -0.492 e. The van der Waals surface area contributed by atoms with Crippen molar-refractivity contribution in [1.82, 2.24) is 5.32 Å². The highest BCUT2D eigenvalue weighted by molar-refractivity contribution is 5.96. The fraction of sp³-hybridized carbons (Fsp3) is 0.467. The van der Waals surface area contributed by atoms with Gasteiger partial charge >= 0.3 is 6.03 Å². The van der Waals surface area contributed by atoms with Gasteiger partial charge in [-0.2, -0.15) is 0 Å². The molecule has 0 spiro atoms. The van der Waals surface area contributed by atoms with Crippen molar-refractivity contribution in [1.29, 1.82) is 0 Å². The van der Waals surface area contributed by atoms with E-state index >= 15 is 0 Å². The first-order chi connectivity index (χ1) is 10.6. The number of carbonyl (C=O) groups is 2. The molecule has 1 rings (SSSR count). The smallest absolute Gasteiger partial charge is 0.312 e. The summed E-state index contributed by atoms with van der Waals surface area (Å²) in [5.41, 5.74) is 11.1. The Morgan fingerprint density at radius 2 is 1.95 bits per heavy atom. The van der Waals surface area contributed by atoms with Crippen LogP contribution in [0.5, 0.6) is 5.75 Å². The SMILES string of the molecule is CCCCC(NC(N)=O)C(=O)Nc1ccc(OCCN)cc1. The molecule has 6 N–H and O–H groups in total. The number of benzene rings is 1. The molecule has 0 radical (unpaired) electrons. The van der Waals surface area contributed by atoms with Gasteiger partial charge in [0.1, 0.15) is 18.4 Å². The molecule has 1 aromatic carbocycles. The van der Waals surface area contributed by atoms with Crippen molar-refractivity contribution in [3.05, 3.63) is 24.3 Å². The normalized spacial score (nSPS) is 11.5. The minimum atomic E-state index is -0.707. The third-order valence-corrected chi connectivity index (χ3v) is 2.99. The predicted octanol–water partition coefficient (Wildman–Crippen LogP) is 1.19. The zero-order valence-electron chi connectivity index (χ0n) is 12.8. The van der Waals surface area contributed by atoms with Crippen LogP contribution in [-0.2, 0) is 4.79 Å². The number of unbranched alkanes of at least 4 members (excludes halogenated alkanes) is 1. The Hall–Kier alpha value is -2.28. The second-order valence-electron chi connectivity index (χ2n) is 4.85. The van der Waals surface area contributed by atoms with Gasteiger partial charge in [-0.3, -0.25) is 4.79 Å². The van der Waals surface area contributed by atoms with E-state index in [1.165, 1.54) is 0 Å². The van der Waals surface area contributed by atoms with Crippen LogP contribution in [-0.4, -0.2) is 31.1 Å². The highest BCUT2D eigenvalue weighted by Gasteiger charge is 2.19. The standard InChI is InChI=1S/C15H24N4O3/c1-2-3-4-13(19-15(17)21)14(20)18-11-5-7-12(8-6-11)22-10-9-16/h5-8,13H,2-4,9-10,16H2,1H3,(H,18,20)(H3,17,19,21). The summed E-state index contributed by atoms with van der Waals surface area (Å²) in [7, 11) is 0. The van der Waals surface area contributed by atoms with E-state index in [4.69, 9.17) is 16.2 Å². The summed E-state index contributed by atoms with van der Waals surface area (Å²) in [6.07, 6.45) is 2.30. The zero-order valence-corrected chi connectivity index (χ0v) is 12.8. The fourth-order valence-corrected chi connectivity index (χ4v) is 1.89. The van der Waals surface area contributed by atoms with E-state index in [0.717, 1.165) is 12.8 Å². The highest BCUT2D eigenvalue weighted by atomic mass is 16.5. The van der Waals surface area contributed by atoms with Gasteiger partial charge in [0, 0.05) is 12.2 Å². The Kier molecular flexibility index (Phi) is 7.77. The lowest BCUT2D eigenvalue weighted by Gasteiger charge is -2.17. The number of ether oxygens (including phenoxy) is 1. The minimum absolute atomic E-state index is 0.289. The summed E-state index contributed by atoms with van der Waals surface area (Å²) < 4.78 is 5.36. The van der Waals surface area contributed by atoms with Crippen molar-refractivity contribution in [3.63, 3.8) is 0 Å². The molecular weight excluding hydrogens is 284 g/mol. The average molecular weight is 308 g/mol. The van der Waals surface area contributed by atoms with Gasteiger partial charge in [-0.15, -0.1) is 0 Å². The first kappa shape index (κ1) is 17.8. The summed E-state index contributed by atoms with van der Waals surface area (Å²) in [5, 5.41) is 5.21. The maximum atomic E-state index is 12.2. The van der Waals surface area contributed by atoms with E-state index in [1.807, 2.05) is 6.92 Å². The molecule has 0 heterocycles. The van der Waals surface area contributed by atoms with Crippen LogP contribution in [0.2, 0.25) is 0 Å². The number of hydrogen-bond acceptors (Lipinski definition) is 4. The van der Waals surface area contributed by atoms with Gasteiger partial charge < -0.3 is 26.8 Å². The molecule has 0 aliphatic heterocycles. The maximum Gasteiger partial charge on any atom is 0.312 e. The van der Waals surface area contributed by atoms with Crippen LogP contribution in [0.1, 0.15) is 26.2 Å². The van der Waals surface area contributed by atoms with Gasteiger partial charge in [0.2, 0.25) is 5.91 Å². The van der Waals surface area contributed by atoms with Crippen molar-refractivity contribution in [2.75, 3.05) is 18.5 Å². The van der Waals surface area contributed by atoms with Gasteiger partial charge in [0.15, 0.2) is 0 Å². The largest absolute Gasteiger partial charge is 0.492 e. The van der Waals surface area contributed by atoms with Crippen LogP contribution < -0.4 is 26.8 Å². The number of urea groups is 1. The molecular formula is C15H24N4O3. The molecule has 0 fully saturated rings. The second kappa shape index (κ2) is 9.62. The Bertz CT molecular complexity index is 476. The van der Waals surface area contributed by atoms with E-state index in [9.17, 15) is 9.59 Å². The molecule has 0 aliphatic rings. The Morgan fingerprint density at radius 3 is 2.50 bits per heavy atom. The number of nitrogens with one attached hydrogen (secondary N) is 2. The number of anilines is 1. The number of amides is 3. The first-order valence-electron chi connectivity index (χ1n) is 7.36. The third-order valence-electron chi connectivity index (χ3n) is 2.99. The molecule has 122 valence electrons. The van der Waals surface area contributed by atoms with Crippen molar-refractivity contribution in [2.24, 2.45) is 11.5 Å². The fourth-order valence-electron chi connectivity index (χ4n) is 1.89. The average Bonchev–Trinajstić information content (AvgIpc) is 2.50. The second-order valence-corrected chi connectivity index (χ2v) is 4.85. The van der Waals surface area contributed by atoms with E-state index in [2.05, 4.69) is 10.6 Å². The predicted molar refractivity (Wildman–Crippen MR) is 85.7 cm³/mol. The topological polar surface area (TPSA) is 119 Å². The molecule has 0 bridgehead atoms. The molecule has 1 atom stereocenters. The quantitative estimate of drug-likeness (QED) is 0.547. The molecule has 0 saturated carbocycles. The monoisotopic (exact) mass is 308 g/mol. The van der Waals surface area contributed by atoms with Gasteiger partial charge in [0.25, 0.3) is 0 Å². The lowest BCUT2D eigenvalue weighted by Crippen LogP contribution is -2.46. The van der Waals surface area contributed by atoms with E-state index in [1.54, 1.807) is 24.3 Å². The number of hydrogen-bond donors (Lipinski definition) is 4. The van der Waals surface area contributed by atoms with Crippen molar-refractivity contribution < 1.29 is 14.3 Å². The highest BCUT2D eigenvalue weighted by Crippen LogP contribution is 2.16. The van der Waals surface area contributed by atoms with E-state index < -0.39 is 12.1 Å². The molecule has 0 aromatic heterocycles. The summed E-state index contributed by atoms with van der Waals surface area (Å²) in [4.78, 5) is 23.2. The number of nitrogens with two attached hydrogens (primary N) is 2. The number of primary amides is 1. The van der Waals surface area contributed by atoms with Crippen LogP contribution in [0.3, 0.4) is 0 Å². The molecule has 7 nitrogen and oxygen atoms in total. The van der Waals surface area contributed by atoms with Gasteiger partial charge in [-0.1, -0.05) is 19.8 Å². The molecule has 7 heteroatoms. The summed E-state index contributed by atoms with van der Waals surface area (Å²) >= 11 is 0. The van der Waals surface area contributed by atoms with E-state index in [-0.39, 0.29) is 5.91 Å². The molecule has 3 amide bonds. The summed E-state index contributed by atoms with van der Waals surface area (Å²) in [5.74, 6) is 0.393. The van der Waals surface area contributed by atoms with Crippen LogP contribution in [0.15, 0.2) is 24.3 Å². The van der Waals surface area contributed by atoms with Crippen molar-refractivity contribution >= 4 is 17.6 Å². The van der Waals surface area contributed by atoms with Gasteiger partial charge in [-0.05, 0) is 30.7 Å². The van der Waals surface area contributed by atoms with Crippen LogP contribution in [0.25, 0.3) is 0 Å². The Labute approximate surface area is 130 Å². The Morgan fingerprint density at radius 1 is 1.27 bits per heavy atom. The zero-order chi connectivity index (χ0) is 16.4. The molecule has 0 saturated heterocycles. The van der Waals surface area contributed by atoms with Gasteiger partial charge in [0.05, 0.1) is 0 Å². The van der Waals surface area contributed by atoms with Crippen LogP contribution >= 0.6 is 0 Å². The molecule has 22 heavy (non-hydrogen) atoms. The van der Waals surface area contributed by atoms with Crippen LogP contribution in [0, 0.1) is 0 Å². The van der Waals surface area contributed by atoms with Gasteiger partial charge in [-0.25, -0.2) is 4.79 Å².